The van der Waals surface area contributed by atoms with Gasteiger partial charge in [-0.15, -0.1) is 0 Å². The van der Waals surface area contributed by atoms with Crippen molar-refractivity contribution in [2.45, 2.75) is 45.2 Å². The predicted octanol–water partition coefficient (Wildman–Crippen LogP) is 3.32. The lowest BCUT2D eigenvalue weighted by Gasteiger charge is -2.41. The molecule has 0 spiro atoms. The first-order valence-corrected chi connectivity index (χ1v) is 7.10. The zero-order valence-corrected chi connectivity index (χ0v) is 11.7. The number of benzene rings is 1. The number of nitrogens with zero attached hydrogens (tertiary/aromatic N) is 1. The van der Waals surface area contributed by atoms with E-state index >= 15 is 0 Å². The van der Waals surface area contributed by atoms with Crippen LogP contribution in [0.25, 0.3) is 0 Å². The molecule has 1 N–H and O–H groups in total. The average Bonchev–Trinajstić information content (AvgIpc) is 2.37. The summed E-state index contributed by atoms with van der Waals surface area (Å²) in [5.74, 6) is 0.0205. The number of carboxylic acid groups (broad SMARTS) is 1. The number of likely N-dealkylation sites (tertiary alicyclic amines) is 1. The van der Waals surface area contributed by atoms with E-state index in [1.54, 1.807) is 0 Å². The van der Waals surface area contributed by atoms with Crippen molar-refractivity contribution >= 4 is 5.97 Å². The largest absolute Gasteiger partial charge is 0.481 e. The van der Waals surface area contributed by atoms with Crippen LogP contribution < -0.4 is 0 Å². The lowest BCUT2D eigenvalue weighted by atomic mass is 9.90. The van der Waals surface area contributed by atoms with E-state index in [0.29, 0.717) is 6.04 Å². The highest BCUT2D eigenvalue weighted by Crippen LogP contribution is 2.32. The molecule has 1 fully saturated rings. The zero-order valence-electron chi connectivity index (χ0n) is 11.7. The maximum atomic E-state index is 11.2. The third-order valence-corrected chi connectivity index (χ3v) is 4.14. The molecule has 1 aliphatic rings. The summed E-state index contributed by atoms with van der Waals surface area (Å²) in [4.78, 5) is 13.5. The lowest BCUT2D eigenvalue weighted by molar-refractivity contribution is -0.139. The molecule has 3 heteroatoms. The van der Waals surface area contributed by atoms with Gasteiger partial charge in [-0.2, -0.15) is 0 Å². The van der Waals surface area contributed by atoms with Crippen LogP contribution in [0.1, 0.15) is 44.7 Å². The van der Waals surface area contributed by atoms with Gasteiger partial charge in [-0.25, -0.2) is 0 Å². The number of piperidine rings is 1. The van der Waals surface area contributed by atoms with E-state index < -0.39 is 5.97 Å². The first-order valence-electron chi connectivity index (χ1n) is 7.10. The van der Waals surface area contributed by atoms with Crippen molar-refractivity contribution in [3.63, 3.8) is 0 Å². The fourth-order valence-corrected chi connectivity index (χ4v) is 3.16. The molecule has 3 nitrogen and oxygen atoms in total. The maximum absolute atomic E-state index is 11.2. The Bertz CT molecular complexity index is 418. The van der Waals surface area contributed by atoms with E-state index in [0.717, 1.165) is 30.9 Å². The van der Waals surface area contributed by atoms with Crippen molar-refractivity contribution in [2.24, 2.45) is 5.92 Å². The molecule has 0 amide bonds. The van der Waals surface area contributed by atoms with Gasteiger partial charge in [0.2, 0.25) is 0 Å². The molecule has 3 atom stereocenters. The molecule has 3 unspecified atom stereocenters. The van der Waals surface area contributed by atoms with E-state index in [2.05, 4.69) is 18.7 Å². The standard InChI is InChI=1S/C16H23NO2/c1-12-8-9-17(13(2)10-12)15(11-16(18)19)14-6-4-3-5-7-14/h3-7,12-13,15H,8-11H2,1-2H3,(H,18,19). The Hall–Kier alpha value is -1.35. The highest BCUT2D eigenvalue weighted by Gasteiger charge is 2.30. The molecule has 1 aliphatic heterocycles. The molecule has 1 heterocycles. The first-order chi connectivity index (χ1) is 9.08. The van der Waals surface area contributed by atoms with Crippen LogP contribution in [-0.4, -0.2) is 28.6 Å². The summed E-state index contributed by atoms with van der Waals surface area (Å²) in [6.07, 6.45) is 2.50. The first kappa shape index (κ1) is 14.1. The van der Waals surface area contributed by atoms with Crippen LogP contribution in [0.15, 0.2) is 30.3 Å². The summed E-state index contributed by atoms with van der Waals surface area (Å²) >= 11 is 0. The van der Waals surface area contributed by atoms with Crippen LogP contribution in [0.3, 0.4) is 0 Å². The van der Waals surface area contributed by atoms with Gasteiger partial charge in [0.15, 0.2) is 0 Å². The smallest absolute Gasteiger partial charge is 0.305 e. The molecule has 19 heavy (non-hydrogen) atoms. The Morgan fingerprint density at radius 3 is 2.63 bits per heavy atom. The van der Waals surface area contributed by atoms with E-state index in [9.17, 15) is 9.90 Å². The van der Waals surface area contributed by atoms with Gasteiger partial charge < -0.3 is 5.11 Å². The van der Waals surface area contributed by atoms with Crippen LogP contribution in [0.5, 0.6) is 0 Å². The highest BCUT2D eigenvalue weighted by molar-refractivity contribution is 5.68. The Morgan fingerprint density at radius 2 is 2.05 bits per heavy atom. The second-order valence-electron chi connectivity index (χ2n) is 5.74. The summed E-state index contributed by atoms with van der Waals surface area (Å²) in [6, 6.07) is 10.5. The number of hydrogen-bond donors (Lipinski definition) is 1. The molecule has 0 bridgehead atoms. The van der Waals surface area contributed by atoms with Crippen LogP contribution in [0, 0.1) is 5.92 Å². The molecule has 0 aromatic heterocycles. The number of hydrogen-bond acceptors (Lipinski definition) is 2. The molecule has 0 aliphatic carbocycles. The number of aliphatic carboxylic acids is 1. The Labute approximate surface area is 115 Å². The Balaban J connectivity index is 2.20. The third-order valence-electron chi connectivity index (χ3n) is 4.14. The van der Waals surface area contributed by atoms with E-state index in [4.69, 9.17) is 0 Å². The topological polar surface area (TPSA) is 40.5 Å². The molecular formula is C16H23NO2. The number of rotatable bonds is 4. The molecule has 0 saturated carbocycles. The number of carbonyl (C=O) groups is 1. The van der Waals surface area contributed by atoms with Gasteiger partial charge in [0, 0.05) is 12.1 Å². The molecule has 1 saturated heterocycles. The highest BCUT2D eigenvalue weighted by atomic mass is 16.4. The summed E-state index contributed by atoms with van der Waals surface area (Å²) in [5, 5.41) is 9.19. The second-order valence-corrected chi connectivity index (χ2v) is 5.74. The zero-order chi connectivity index (χ0) is 13.8. The van der Waals surface area contributed by atoms with Gasteiger partial charge in [0.05, 0.1) is 6.42 Å². The molecule has 104 valence electrons. The van der Waals surface area contributed by atoms with Gasteiger partial charge >= 0.3 is 5.97 Å². The molecule has 0 radical (unpaired) electrons. The van der Waals surface area contributed by atoms with Crippen molar-refractivity contribution in [3.8, 4) is 0 Å². The van der Waals surface area contributed by atoms with Crippen molar-refractivity contribution < 1.29 is 9.90 Å². The summed E-state index contributed by atoms with van der Waals surface area (Å²) < 4.78 is 0. The fourth-order valence-electron chi connectivity index (χ4n) is 3.16. The van der Waals surface area contributed by atoms with E-state index in [1.807, 2.05) is 30.3 Å². The fraction of sp³-hybridized carbons (Fsp3) is 0.562. The molecule has 2 rings (SSSR count). The van der Waals surface area contributed by atoms with Crippen molar-refractivity contribution in [1.29, 1.82) is 0 Å². The van der Waals surface area contributed by atoms with E-state index in [1.165, 1.54) is 0 Å². The normalized spacial score (nSPS) is 26.0. The summed E-state index contributed by atoms with van der Waals surface area (Å²) in [5.41, 5.74) is 1.12. The van der Waals surface area contributed by atoms with Gasteiger partial charge in [0.1, 0.15) is 0 Å². The second kappa shape index (κ2) is 6.20. The van der Waals surface area contributed by atoms with Crippen molar-refractivity contribution in [1.82, 2.24) is 4.90 Å². The quantitative estimate of drug-likeness (QED) is 0.904. The Morgan fingerprint density at radius 1 is 1.37 bits per heavy atom. The van der Waals surface area contributed by atoms with Crippen molar-refractivity contribution in [3.05, 3.63) is 35.9 Å². The molecule has 1 aromatic rings. The van der Waals surface area contributed by atoms with Gasteiger partial charge in [-0.1, -0.05) is 37.3 Å². The van der Waals surface area contributed by atoms with Gasteiger partial charge in [0.25, 0.3) is 0 Å². The minimum Gasteiger partial charge on any atom is -0.481 e. The predicted molar refractivity (Wildman–Crippen MR) is 76.0 cm³/mol. The van der Waals surface area contributed by atoms with Crippen LogP contribution >= 0.6 is 0 Å². The van der Waals surface area contributed by atoms with Crippen molar-refractivity contribution in [2.75, 3.05) is 6.54 Å². The molecular weight excluding hydrogens is 238 g/mol. The Kier molecular flexibility index (Phi) is 4.59. The van der Waals surface area contributed by atoms with Crippen LogP contribution in [0.4, 0.5) is 0 Å². The van der Waals surface area contributed by atoms with Gasteiger partial charge in [-0.05, 0) is 37.8 Å². The summed E-state index contributed by atoms with van der Waals surface area (Å²) in [6.45, 7) is 5.49. The van der Waals surface area contributed by atoms with Gasteiger partial charge in [-0.3, -0.25) is 9.69 Å². The van der Waals surface area contributed by atoms with Crippen LogP contribution in [0.2, 0.25) is 0 Å². The lowest BCUT2D eigenvalue weighted by Crippen LogP contribution is -2.43. The average molecular weight is 261 g/mol. The summed E-state index contributed by atoms with van der Waals surface area (Å²) in [7, 11) is 0. The van der Waals surface area contributed by atoms with E-state index in [-0.39, 0.29) is 12.5 Å². The van der Waals surface area contributed by atoms with Crippen LogP contribution in [-0.2, 0) is 4.79 Å². The minimum absolute atomic E-state index is 0.00111. The minimum atomic E-state index is -0.723. The number of carboxylic acids is 1. The monoisotopic (exact) mass is 261 g/mol. The maximum Gasteiger partial charge on any atom is 0.305 e. The molecule has 1 aromatic carbocycles. The third kappa shape index (κ3) is 3.57. The SMILES string of the molecule is CC1CCN(C(CC(=O)O)c2ccccc2)C(C)C1.